The van der Waals surface area contributed by atoms with Crippen molar-refractivity contribution in [1.29, 1.82) is 0 Å². The molecule has 1 fully saturated rings. The molecule has 0 amide bonds. The Morgan fingerprint density at radius 1 is 1.26 bits per heavy atom. The molecule has 2 aromatic heterocycles. The maximum absolute atomic E-state index is 10.7. The number of carboxylic acids is 1. The normalized spacial score (nSPS) is 14.8. The van der Waals surface area contributed by atoms with Gasteiger partial charge in [0.15, 0.2) is 0 Å². The van der Waals surface area contributed by atoms with Gasteiger partial charge in [-0.15, -0.1) is 0 Å². The first kappa shape index (κ1) is 11.6. The monoisotopic (exact) mass is 260 g/mol. The van der Waals surface area contributed by atoms with Gasteiger partial charge >= 0.3 is 5.97 Å². The zero-order valence-corrected chi connectivity index (χ0v) is 10.1. The van der Waals surface area contributed by atoms with Crippen LogP contribution >= 0.6 is 0 Å². The summed E-state index contributed by atoms with van der Waals surface area (Å²) >= 11 is 0. The number of oxazole rings is 1. The summed E-state index contributed by atoms with van der Waals surface area (Å²) in [5.74, 6) is -0.415. The van der Waals surface area contributed by atoms with Crippen LogP contribution in [0.15, 0.2) is 23.0 Å². The van der Waals surface area contributed by atoms with Crippen molar-refractivity contribution in [2.45, 2.75) is 12.8 Å². The van der Waals surface area contributed by atoms with E-state index in [0.29, 0.717) is 5.69 Å². The molecule has 19 heavy (non-hydrogen) atoms. The predicted octanol–water partition coefficient (Wildman–Crippen LogP) is 1.43. The second-order valence-corrected chi connectivity index (χ2v) is 4.29. The Balaban J connectivity index is 1.91. The van der Waals surface area contributed by atoms with Gasteiger partial charge in [0.1, 0.15) is 11.5 Å². The Labute approximate surface area is 108 Å². The van der Waals surface area contributed by atoms with E-state index in [9.17, 15) is 4.79 Å². The molecule has 1 aliphatic heterocycles. The first-order chi connectivity index (χ1) is 9.24. The minimum absolute atomic E-state index is 0.172. The van der Waals surface area contributed by atoms with E-state index < -0.39 is 5.97 Å². The highest BCUT2D eigenvalue weighted by Crippen LogP contribution is 2.21. The molecule has 0 aromatic carbocycles. The SMILES string of the molecule is O=C(O)c1cnc(-c2cncc(N3CCCC3)n2)o1. The molecule has 0 unspecified atom stereocenters. The smallest absolute Gasteiger partial charge is 0.373 e. The van der Waals surface area contributed by atoms with Crippen LogP contribution in [0.4, 0.5) is 5.82 Å². The minimum atomic E-state index is -1.15. The summed E-state index contributed by atoms with van der Waals surface area (Å²) < 4.78 is 5.12. The highest BCUT2D eigenvalue weighted by molar-refractivity contribution is 5.84. The summed E-state index contributed by atoms with van der Waals surface area (Å²) in [6.45, 7) is 1.92. The van der Waals surface area contributed by atoms with Gasteiger partial charge in [-0.2, -0.15) is 0 Å². The van der Waals surface area contributed by atoms with Crippen LogP contribution in [0.5, 0.6) is 0 Å². The lowest BCUT2D eigenvalue weighted by Crippen LogP contribution is -2.19. The van der Waals surface area contributed by atoms with E-state index in [-0.39, 0.29) is 11.7 Å². The first-order valence-corrected chi connectivity index (χ1v) is 6.00. The van der Waals surface area contributed by atoms with Gasteiger partial charge in [-0.3, -0.25) is 4.98 Å². The Hall–Kier alpha value is -2.44. The molecule has 0 spiro atoms. The van der Waals surface area contributed by atoms with Crippen molar-refractivity contribution >= 4 is 11.8 Å². The van der Waals surface area contributed by atoms with Crippen molar-refractivity contribution < 1.29 is 14.3 Å². The third kappa shape index (κ3) is 2.26. The van der Waals surface area contributed by atoms with Gasteiger partial charge in [0.2, 0.25) is 11.7 Å². The number of anilines is 1. The average Bonchev–Trinajstić information content (AvgIpc) is 3.10. The molecule has 0 aliphatic carbocycles. The second-order valence-electron chi connectivity index (χ2n) is 4.29. The lowest BCUT2D eigenvalue weighted by molar-refractivity contribution is 0.0663. The summed E-state index contributed by atoms with van der Waals surface area (Å²) in [6, 6.07) is 0. The van der Waals surface area contributed by atoms with Gasteiger partial charge in [-0.05, 0) is 12.8 Å². The maximum atomic E-state index is 10.7. The predicted molar refractivity (Wildman–Crippen MR) is 65.9 cm³/mol. The van der Waals surface area contributed by atoms with Crippen LogP contribution in [0.3, 0.4) is 0 Å². The Morgan fingerprint density at radius 2 is 2.05 bits per heavy atom. The molecule has 0 bridgehead atoms. The first-order valence-electron chi connectivity index (χ1n) is 6.00. The lowest BCUT2D eigenvalue weighted by Gasteiger charge is -2.15. The van der Waals surface area contributed by atoms with Crippen molar-refractivity contribution in [1.82, 2.24) is 15.0 Å². The maximum Gasteiger partial charge on any atom is 0.373 e. The fourth-order valence-corrected chi connectivity index (χ4v) is 2.05. The van der Waals surface area contributed by atoms with Crippen molar-refractivity contribution in [3.8, 4) is 11.6 Å². The number of carbonyl (C=O) groups is 1. The van der Waals surface area contributed by atoms with Gasteiger partial charge in [0.05, 0.1) is 18.6 Å². The number of carboxylic acid groups (broad SMARTS) is 1. The highest BCUT2D eigenvalue weighted by atomic mass is 16.4. The molecule has 3 rings (SSSR count). The fourth-order valence-electron chi connectivity index (χ4n) is 2.05. The quantitative estimate of drug-likeness (QED) is 0.892. The van der Waals surface area contributed by atoms with Crippen LogP contribution in [-0.4, -0.2) is 39.1 Å². The van der Waals surface area contributed by atoms with Crippen molar-refractivity contribution in [3.63, 3.8) is 0 Å². The van der Waals surface area contributed by atoms with E-state index in [1.807, 2.05) is 0 Å². The minimum Gasteiger partial charge on any atom is -0.475 e. The van der Waals surface area contributed by atoms with E-state index in [1.165, 1.54) is 12.4 Å². The van der Waals surface area contributed by atoms with Gasteiger partial charge in [0, 0.05) is 13.1 Å². The van der Waals surface area contributed by atoms with Crippen LogP contribution in [0, 0.1) is 0 Å². The van der Waals surface area contributed by atoms with E-state index in [2.05, 4.69) is 19.9 Å². The Kier molecular flexibility index (Phi) is 2.86. The number of rotatable bonds is 3. The molecule has 2 aromatic rings. The summed E-state index contributed by atoms with van der Waals surface area (Å²) in [5.41, 5.74) is 0.442. The Morgan fingerprint density at radius 3 is 2.74 bits per heavy atom. The molecular weight excluding hydrogens is 248 g/mol. The van der Waals surface area contributed by atoms with Crippen molar-refractivity contribution in [2.75, 3.05) is 18.0 Å². The van der Waals surface area contributed by atoms with Crippen LogP contribution in [-0.2, 0) is 0 Å². The number of hydrogen-bond donors (Lipinski definition) is 1. The third-order valence-corrected chi connectivity index (χ3v) is 2.99. The van der Waals surface area contributed by atoms with E-state index >= 15 is 0 Å². The number of aromatic carboxylic acids is 1. The Bertz CT molecular complexity index is 605. The fraction of sp³-hybridized carbons (Fsp3) is 0.333. The average molecular weight is 260 g/mol. The van der Waals surface area contributed by atoms with E-state index in [0.717, 1.165) is 31.7 Å². The molecule has 1 saturated heterocycles. The summed E-state index contributed by atoms with van der Waals surface area (Å²) in [5, 5.41) is 8.79. The molecule has 0 atom stereocenters. The molecule has 98 valence electrons. The van der Waals surface area contributed by atoms with Gasteiger partial charge in [-0.1, -0.05) is 0 Å². The molecule has 3 heterocycles. The largest absolute Gasteiger partial charge is 0.475 e. The molecule has 7 nitrogen and oxygen atoms in total. The summed E-state index contributed by atoms with van der Waals surface area (Å²) in [6.07, 6.45) is 6.66. The van der Waals surface area contributed by atoms with Crippen LogP contribution < -0.4 is 4.90 Å². The molecule has 7 heteroatoms. The van der Waals surface area contributed by atoms with Gasteiger partial charge < -0.3 is 14.4 Å². The van der Waals surface area contributed by atoms with E-state index in [4.69, 9.17) is 9.52 Å². The molecule has 1 N–H and O–H groups in total. The topological polar surface area (TPSA) is 92.3 Å². The molecule has 0 radical (unpaired) electrons. The van der Waals surface area contributed by atoms with E-state index in [1.54, 1.807) is 6.20 Å². The second kappa shape index (κ2) is 4.68. The van der Waals surface area contributed by atoms with Crippen LogP contribution in [0.1, 0.15) is 23.4 Å². The molecule has 1 aliphatic rings. The lowest BCUT2D eigenvalue weighted by atomic mass is 10.4. The van der Waals surface area contributed by atoms with Gasteiger partial charge in [-0.25, -0.2) is 14.8 Å². The molecular formula is C12H12N4O3. The third-order valence-electron chi connectivity index (χ3n) is 2.99. The van der Waals surface area contributed by atoms with Gasteiger partial charge in [0.25, 0.3) is 0 Å². The van der Waals surface area contributed by atoms with Crippen LogP contribution in [0.25, 0.3) is 11.6 Å². The molecule has 0 saturated carbocycles. The van der Waals surface area contributed by atoms with Crippen LogP contribution in [0.2, 0.25) is 0 Å². The zero-order valence-electron chi connectivity index (χ0n) is 10.1. The van der Waals surface area contributed by atoms with Crippen molar-refractivity contribution in [2.24, 2.45) is 0 Å². The van der Waals surface area contributed by atoms with Crippen molar-refractivity contribution in [3.05, 3.63) is 24.4 Å². The number of hydrogen-bond acceptors (Lipinski definition) is 6. The summed E-state index contributed by atoms with van der Waals surface area (Å²) in [7, 11) is 0. The number of aromatic nitrogens is 3. The number of nitrogens with zero attached hydrogens (tertiary/aromatic N) is 4. The summed E-state index contributed by atoms with van der Waals surface area (Å²) in [4.78, 5) is 25.3. The zero-order chi connectivity index (χ0) is 13.2. The highest BCUT2D eigenvalue weighted by Gasteiger charge is 2.17. The standard InChI is InChI=1S/C12H12N4O3/c17-12(18)9-6-14-11(19-9)8-5-13-7-10(15-8)16-3-1-2-4-16/h5-7H,1-4H2,(H,17,18).